The van der Waals surface area contributed by atoms with E-state index in [1.807, 2.05) is 61.0 Å². The fourth-order valence-electron chi connectivity index (χ4n) is 2.87. The Morgan fingerprint density at radius 1 is 0.960 bits per heavy atom. The van der Waals surface area contributed by atoms with E-state index in [1.165, 1.54) is 12.1 Å². The zero-order chi connectivity index (χ0) is 17.4. The van der Waals surface area contributed by atoms with Gasteiger partial charge < -0.3 is 4.74 Å². The van der Waals surface area contributed by atoms with Gasteiger partial charge in [0.05, 0.1) is 11.0 Å². The molecule has 4 rings (SSSR count). The molecule has 0 radical (unpaired) electrons. The van der Waals surface area contributed by atoms with Crippen LogP contribution < -0.4 is 4.74 Å². The Balaban J connectivity index is 1.92. The van der Waals surface area contributed by atoms with E-state index < -0.39 is 0 Å². The fourth-order valence-corrected chi connectivity index (χ4v) is 2.87. The quantitative estimate of drug-likeness (QED) is 0.490. The van der Waals surface area contributed by atoms with E-state index in [-0.39, 0.29) is 5.82 Å². The summed E-state index contributed by atoms with van der Waals surface area (Å²) in [5.41, 5.74) is 4.69. The van der Waals surface area contributed by atoms with E-state index in [0.29, 0.717) is 11.6 Å². The smallest absolute Gasteiger partial charge is 0.207 e. The van der Waals surface area contributed by atoms with Gasteiger partial charge in [-0.1, -0.05) is 24.3 Å². The van der Waals surface area contributed by atoms with E-state index in [0.717, 1.165) is 27.8 Å². The molecule has 0 atom stereocenters. The van der Waals surface area contributed by atoms with Gasteiger partial charge in [-0.3, -0.25) is 9.55 Å². The maximum absolute atomic E-state index is 13.6. The van der Waals surface area contributed by atoms with Gasteiger partial charge in [-0.25, -0.2) is 4.39 Å². The molecule has 0 aliphatic rings. The highest BCUT2D eigenvalue weighted by molar-refractivity contribution is 5.81. The average Bonchev–Trinajstić information content (AvgIpc) is 2.96. The molecular formula is C21H17FN2O. The second kappa shape index (κ2) is 6.06. The summed E-state index contributed by atoms with van der Waals surface area (Å²) in [6.07, 6.45) is 1.83. The zero-order valence-corrected chi connectivity index (χ0v) is 14.0. The molecule has 0 fully saturated rings. The van der Waals surface area contributed by atoms with Crippen LogP contribution >= 0.6 is 0 Å². The SMILES string of the molecule is Cc1cnc2cc(Oc3cc(F)ccc3C)n(-c3ccccc3)c2c1. The Bertz CT molecular complexity index is 1050. The minimum Gasteiger partial charge on any atom is -0.440 e. The number of fused-ring (bicyclic) bond motifs is 1. The number of aromatic nitrogens is 2. The molecule has 0 amide bonds. The van der Waals surface area contributed by atoms with Crippen LogP contribution in [-0.2, 0) is 0 Å². The first-order valence-corrected chi connectivity index (χ1v) is 8.09. The molecule has 2 aromatic heterocycles. The number of nitrogens with zero attached hydrogens (tertiary/aromatic N) is 2. The van der Waals surface area contributed by atoms with Crippen LogP contribution in [0.25, 0.3) is 16.7 Å². The van der Waals surface area contributed by atoms with E-state index in [2.05, 4.69) is 11.1 Å². The van der Waals surface area contributed by atoms with E-state index in [1.54, 1.807) is 6.07 Å². The summed E-state index contributed by atoms with van der Waals surface area (Å²) < 4.78 is 21.7. The van der Waals surface area contributed by atoms with Crippen LogP contribution in [0.15, 0.2) is 66.9 Å². The van der Waals surface area contributed by atoms with Gasteiger partial charge in [0, 0.05) is 24.0 Å². The number of hydrogen-bond acceptors (Lipinski definition) is 2. The first-order chi connectivity index (χ1) is 12.1. The maximum Gasteiger partial charge on any atom is 0.207 e. The van der Waals surface area contributed by atoms with Gasteiger partial charge in [0.2, 0.25) is 5.88 Å². The standard InChI is InChI=1S/C21H17FN2O/c1-14-10-19-18(23-13-14)12-21(24(19)17-6-4-3-5-7-17)25-20-11-16(22)9-8-15(20)2/h3-13H,1-2H3. The molecule has 4 heteroatoms. The fraction of sp³-hybridized carbons (Fsp3) is 0.0952. The molecule has 25 heavy (non-hydrogen) atoms. The Morgan fingerprint density at radius 2 is 1.76 bits per heavy atom. The molecule has 0 spiro atoms. The van der Waals surface area contributed by atoms with Crippen LogP contribution in [0.1, 0.15) is 11.1 Å². The number of para-hydroxylation sites is 1. The van der Waals surface area contributed by atoms with E-state index >= 15 is 0 Å². The molecule has 0 aliphatic carbocycles. The van der Waals surface area contributed by atoms with Crippen LogP contribution in [-0.4, -0.2) is 9.55 Å². The lowest BCUT2D eigenvalue weighted by Crippen LogP contribution is -1.98. The summed E-state index contributed by atoms with van der Waals surface area (Å²) in [5, 5.41) is 0. The Hall–Kier alpha value is -3.14. The van der Waals surface area contributed by atoms with Crippen molar-refractivity contribution in [2.75, 3.05) is 0 Å². The van der Waals surface area contributed by atoms with Gasteiger partial charge in [-0.05, 0) is 49.2 Å². The molecule has 2 aromatic carbocycles. The predicted octanol–water partition coefficient (Wildman–Crippen LogP) is 5.57. The van der Waals surface area contributed by atoms with Gasteiger partial charge in [0.1, 0.15) is 11.6 Å². The van der Waals surface area contributed by atoms with Crippen molar-refractivity contribution >= 4 is 11.0 Å². The number of ether oxygens (including phenoxy) is 1. The molecule has 4 aromatic rings. The third-order valence-corrected chi connectivity index (χ3v) is 4.13. The number of rotatable bonds is 3. The number of benzene rings is 2. The minimum atomic E-state index is -0.322. The van der Waals surface area contributed by atoms with Crippen LogP contribution in [0.5, 0.6) is 11.6 Å². The van der Waals surface area contributed by atoms with Gasteiger partial charge in [0.25, 0.3) is 0 Å². The summed E-state index contributed by atoms with van der Waals surface area (Å²) in [6, 6.07) is 18.4. The van der Waals surface area contributed by atoms with Crippen molar-refractivity contribution in [3.8, 4) is 17.3 Å². The Morgan fingerprint density at radius 3 is 2.56 bits per heavy atom. The average molecular weight is 332 g/mol. The second-order valence-corrected chi connectivity index (χ2v) is 6.08. The number of aryl methyl sites for hydroxylation is 2. The zero-order valence-electron chi connectivity index (χ0n) is 14.0. The maximum atomic E-state index is 13.6. The Kier molecular flexibility index (Phi) is 3.73. The summed E-state index contributed by atoms with van der Waals surface area (Å²) in [6.45, 7) is 3.90. The van der Waals surface area contributed by atoms with Crippen molar-refractivity contribution in [3.63, 3.8) is 0 Å². The monoisotopic (exact) mass is 332 g/mol. The Labute approximate surface area is 145 Å². The minimum absolute atomic E-state index is 0.322. The van der Waals surface area contributed by atoms with E-state index in [4.69, 9.17) is 4.74 Å². The summed E-state index contributed by atoms with van der Waals surface area (Å²) in [4.78, 5) is 4.49. The van der Waals surface area contributed by atoms with Crippen LogP contribution in [0.4, 0.5) is 4.39 Å². The summed E-state index contributed by atoms with van der Waals surface area (Å²) in [7, 11) is 0. The molecule has 0 saturated heterocycles. The molecule has 124 valence electrons. The van der Waals surface area contributed by atoms with Crippen molar-refractivity contribution < 1.29 is 9.13 Å². The molecule has 0 bridgehead atoms. The second-order valence-electron chi connectivity index (χ2n) is 6.08. The molecule has 2 heterocycles. The predicted molar refractivity (Wildman–Crippen MR) is 97.0 cm³/mol. The largest absolute Gasteiger partial charge is 0.440 e. The molecule has 0 aliphatic heterocycles. The van der Waals surface area contributed by atoms with Crippen molar-refractivity contribution in [2.24, 2.45) is 0 Å². The third-order valence-electron chi connectivity index (χ3n) is 4.13. The molecule has 3 nitrogen and oxygen atoms in total. The highest BCUT2D eigenvalue weighted by Crippen LogP contribution is 2.33. The number of pyridine rings is 1. The normalized spacial score (nSPS) is 11.0. The highest BCUT2D eigenvalue weighted by Gasteiger charge is 2.15. The first-order valence-electron chi connectivity index (χ1n) is 8.09. The molecule has 0 saturated carbocycles. The third kappa shape index (κ3) is 2.87. The first kappa shape index (κ1) is 15.4. The lowest BCUT2D eigenvalue weighted by atomic mass is 10.2. The van der Waals surface area contributed by atoms with Crippen LogP contribution in [0, 0.1) is 19.7 Å². The van der Waals surface area contributed by atoms with Crippen LogP contribution in [0.2, 0.25) is 0 Å². The van der Waals surface area contributed by atoms with Crippen molar-refractivity contribution in [1.29, 1.82) is 0 Å². The number of hydrogen-bond donors (Lipinski definition) is 0. The van der Waals surface area contributed by atoms with E-state index in [9.17, 15) is 4.39 Å². The highest BCUT2D eigenvalue weighted by atomic mass is 19.1. The van der Waals surface area contributed by atoms with Gasteiger partial charge in [-0.15, -0.1) is 0 Å². The van der Waals surface area contributed by atoms with Gasteiger partial charge in [0.15, 0.2) is 0 Å². The number of halogens is 1. The van der Waals surface area contributed by atoms with Crippen molar-refractivity contribution in [1.82, 2.24) is 9.55 Å². The summed E-state index contributed by atoms with van der Waals surface area (Å²) in [5.74, 6) is 0.779. The molecular weight excluding hydrogens is 315 g/mol. The van der Waals surface area contributed by atoms with Crippen molar-refractivity contribution in [2.45, 2.75) is 13.8 Å². The molecule has 0 N–H and O–H groups in total. The topological polar surface area (TPSA) is 27.1 Å². The lowest BCUT2D eigenvalue weighted by molar-refractivity contribution is 0.447. The molecule has 0 unspecified atom stereocenters. The summed E-state index contributed by atoms with van der Waals surface area (Å²) >= 11 is 0. The van der Waals surface area contributed by atoms with Crippen molar-refractivity contribution in [3.05, 3.63) is 83.8 Å². The van der Waals surface area contributed by atoms with Gasteiger partial charge in [-0.2, -0.15) is 0 Å². The lowest BCUT2D eigenvalue weighted by Gasteiger charge is -2.13. The van der Waals surface area contributed by atoms with Crippen LogP contribution in [0.3, 0.4) is 0 Å². The van der Waals surface area contributed by atoms with Gasteiger partial charge >= 0.3 is 0 Å².